The molecular formula is C30H54O. The van der Waals surface area contributed by atoms with Crippen LogP contribution in [0.5, 0.6) is 0 Å². The molecule has 1 heteroatoms. The Morgan fingerprint density at radius 1 is 0.710 bits per heavy atom. The predicted molar refractivity (Wildman–Crippen MR) is 141 cm³/mol. The van der Waals surface area contributed by atoms with Gasteiger partial charge in [-0.15, -0.1) is 0 Å². The van der Waals surface area contributed by atoms with Crippen LogP contribution < -0.4 is 0 Å². The van der Waals surface area contributed by atoms with Gasteiger partial charge in [-0.05, 0) is 77.2 Å². The van der Waals surface area contributed by atoms with E-state index in [0.717, 1.165) is 37.5 Å². The summed E-state index contributed by atoms with van der Waals surface area (Å²) in [6.07, 6.45) is 20.7. The number of ketones is 1. The Morgan fingerprint density at radius 3 is 1.81 bits per heavy atom. The van der Waals surface area contributed by atoms with Crippen molar-refractivity contribution in [1.29, 1.82) is 0 Å². The van der Waals surface area contributed by atoms with Crippen LogP contribution in [0.1, 0.15) is 132 Å². The lowest BCUT2D eigenvalue weighted by atomic mass is 9.91. The Hall–Kier alpha value is -1.11. The molecule has 0 heterocycles. The van der Waals surface area contributed by atoms with Crippen LogP contribution in [0, 0.1) is 17.8 Å². The Kier molecular flexibility index (Phi) is 17.8. The van der Waals surface area contributed by atoms with Gasteiger partial charge in [0.15, 0.2) is 5.78 Å². The first-order valence-electron chi connectivity index (χ1n) is 13.1. The molecule has 3 atom stereocenters. The Labute approximate surface area is 195 Å². The Morgan fingerprint density at radius 2 is 1.23 bits per heavy atom. The van der Waals surface area contributed by atoms with E-state index in [-0.39, 0.29) is 0 Å². The average Bonchev–Trinajstić information content (AvgIpc) is 2.67. The van der Waals surface area contributed by atoms with Crippen LogP contribution in [0.25, 0.3) is 0 Å². The first kappa shape index (κ1) is 29.9. The SMILES string of the molecule is CCC(C)CCCC(C)CCCC(C)CC(=O)/C=C(\C)CC/C=C(\C)CCC=C(C)C. The molecule has 0 saturated carbocycles. The second kappa shape index (κ2) is 18.5. The highest BCUT2D eigenvalue weighted by Crippen LogP contribution is 2.21. The van der Waals surface area contributed by atoms with Gasteiger partial charge in [-0.2, -0.15) is 0 Å². The van der Waals surface area contributed by atoms with E-state index in [2.05, 4.69) is 67.5 Å². The number of hydrogen-bond acceptors (Lipinski definition) is 1. The van der Waals surface area contributed by atoms with Crippen molar-refractivity contribution in [2.45, 2.75) is 132 Å². The molecule has 0 aromatic rings. The largest absolute Gasteiger partial charge is 0.295 e. The highest BCUT2D eigenvalue weighted by Gasteiger charge is 2.10. The Bertz CT molecular complexity index is 559. The van der Waals surface area contributed by atoms with E-state index in [1.54, 1.807) is 0 Å². The highest BCUT2D eigenvalue weighted by molar-refractivity contribution is 5.90. The fourth-order valence-corrected chi connectivity index (χ4v) is 4.07. The number of rotatable bonds is 18. The Balaban J connectivity index is 4.04. The fourth-order valence-electron chi connectivity index (χ4n) is 4.07. The minimum absolute atomic E-state index is 0.316. The molecule has 180 valence electrons. The van der Waals surface area contributed by atoms with Crippen LogP contribution in [0.3, 0.4) is 0 Å². The molecule has 0 fully saturated rings. The maximum absolute atomic E-state index is 12.4. The van der Waals surface area contributed by atoms with Gasteiger partial charge in [-0.1, -0.05) is 102 Å². The molecule has 0 radical (unpaired) electrons. The van der Waals surface area contributed by atoms with Gasteiger partial charge >= 0.3 is 0 Å². The zero-order chi connectivity index (χ0) is 23.6. The fraction of sp³-hybridized carbons (Fsp3) is 0.767. The van der Waals surface area contributed by atoms with E-state index in [9.17, 15) is 4.79 Å². The van der Waals surface area contributed by atoms with Crippen LogP contribution in [-0.4, -0.2) is 5.78 Å². The molecule has 0 spiro atoms. The van der Waals surface area contributed by atoms with Crippen molar-refractivity contribution in [2.24, 2.45) is 17.8 Å². The molecule has 0 aliphatic heterocycles. The van der Waals surface area contributed by atoms with Crippen molar-refractivity contribution in [3.8, 4) is 0 Å². The third-order valence-corrected chi connectivity index (χ3v) is 6.56. The maximum Gasteiger partial charge on any atom is 0.155 e. The van der Waals surface area contributed by atoms with Crippen LogP contribution in [-0.2, 0) is 4.79 Å². The summed E-state index contributed by atoms with van der Waals surface area (Å²) in [4.78, 5) is 12.4. The monoisotopic (exact) mass is 430 g/mol. The summed E-state index contributed by atoms with van der Waals surface area (Å²) in [7, 11) is 0. The van der Waals surface area contributed by atoms with Crippen molar-refractivity contribution in [3.05, 3.63) is 34.9 Å². The third kappa shape index (κ3) is 19.3. The predicted octanol–water partition coefficient (Wildman–Crippen LogP) is 10.0. The van der Waals surface area contributed by atoms with E-state index in [4.69, 9.17) is 0 Å². The zero-order valence-electron chi connectivity index (χ0n) is 22.4. The quantitative estimate of drug-likeness (QED) is 0.156. The van der Waals surface area contributed by atoms with Gasteiger partial charge in [0.05, 0.1) is 0 Å². The van der Waals surface area contributed by atoms with Crippen LogP contribution >= 0.6 is 0 Å². The van der Waals surface area contributed by atoms with Crippen LogP contribution in [0.2, 0.25) is 0 Å². The summed E-state index contributed by atoms with van der Waals surface area (Å²) in [6, 6.07) is 0. The van der Waals surface area contributed by atoms with Crippen LogP contribution in [0.15, 0.2) is 34.9 Å². The normalized spacial score (nSPS) is 15.5. The van der Waals surface area contributed by atoms with E-state index < -0.39 is 0 Å². The number of carbonyl (C=O) groups excluding carboxylic acids is 1. The number of carbonyl (C=O) groups is 1. The van der Waals surface area contributed by atoms with E-state index >= 15 is 0 Å². The summed E-state index contributed by atoms with van der Waals surface area (Å²) in [5, 5.41) is 0. The second-order valence-electron chi connectivity index (χ2n) is 10.7. The number of allylic oxidation sites excluding steroid dienone is 6. The summed E-state index contributed by atoms with van der Waals surface area (Å²) in [5.74, 6) is 2.52. The second-order valence-corrected chi connectivity index (χ2v) is 10.7. The molecule has 0 aliphatic rings. The third-order valence-electron chi connectivity index (χ3n) is 6.56. The van der Waals surface area contributed by atoms with Crippen molar-refractivity contribution in [2.75, 3.05) is 0 Å². The lowest BCUT2D eigenvalue weighted by Gasteiger charge is -2.15. The highest BCUT2D eigenvalue weighted by atomic mass is 16.1. The molecule has 0 aliphatic carbocycles. The van der Waals surface area contributed by atoms with Crippen molar-refractivity contribution >= 4 is 5.78 Å². The van der Waals surface area contributed by atoms with Gasteiger partial charge in [-0.25, -0.2) is 0 Å². The molecule has 31 heavy (non-hydrogen) atoms. The van der Waals surface area contributed by atoms with Gasteiger partial charge in [0, 0.05) is 6.42 Å². The summed E-state index contributed by atoms with van der Waals surface area (Å²) in [5.41, 5.74) is 4.07. The van der Waals surface area contributed by atoms with E-state index in [1.165, 1.54) is 61.7 Å². The lowest BCUT2D eigenvalue weighted by molar-refractivity contribution is -0.115. The number of hydrogen-bond donors (Lipinski definition) is 0. The van der Waals surface area contributed by atoms with E-state index in [1.807, 2.05) is 6.08 Å². The van der Waals surface area contributed by atoms with Crippen molar-refractivity contribution in [3.63, 3.8) is 0 Å². The summed E-state index contributed by atoms with van der Waals surface area (Å²) in [6.45, 7) is 17.9. The first-order valence-corrected chi connectivity index (χ1v) is 13.1. The molecule has 0 aromatic heterocycles. The van der Waals surface area contributed by atoms with Crippen LogP contribution in [0.4, 0.5) is 0 Å². The molecule has 0 saturated heterocycles. The molecule has 1 nitrogen and oxygen atoms in total. The van der Waals surface area contributed by atoms with E-state index in [0.29, 0.717) is 18.1 Å². The standard InChI is InChI=1S/C30H54O/c1-9-25(4)15-11-17-27(6)19-13-21-29(8)23-30(31)22-28(7)20-12-18-26(5)16-10-14-24(2)3/h14,18,22,25,27,29H,9-13,15-17,19-21,23H2,1-8H3/b26-18+,28-22+. The van der Waals surface area contributed by atoms with Crippen molar-refractivity contribution < 1.29 is 4.79 Å². The average molecular weight is 431 g/mol. The zero-order valence-corrected chi connectivity index (χ0v) is 22.4. The molecule has 0 amide bonds. The smallest absolute Gasteiger partial charge is 0.155 e. The lowest BCUT2D eigenvalue weighted by Crippen LogP contribution is -2.05. The molecule has 0 rings (SSSR count). The van der Waals surface area contributed by atoms with Gasteiger partial charge in [0.25, 0.3) is 0 Å². The van der Waals surface area contributed by atoms with Gasteiger partial charge in [-0.3, -0.25) is 4.79 Å². The topological polar surface area (TPSA) is 17.1 Å². The molecule has 3 unspecified atom stereocenters. The molecular weight excluding hydrogens is 376 g/mol. The minimum atomic E-state index is 0.316. The molecule has 0 bridgehead atoms. The van der Waals surface area contributed by atoms with Gasteiger partial charge < -0.3 is 0 Å². The van der Waals surface area contributed by atoms with Gasteiger partial charge in [0.2, 0.25) is 0 Å². The summed E-state index contributed by atoms with van der Waals surface area (Å²) < 4.78 is 0. The van der Waals surface area contributed by atoms with Gasteiger partial charge in [0.1, 0.15) is 0 Å². The maximum atomic E-state index is 12.4. The minimum Gasteiger partial charge on any atom is -0.295 e. The van der Waals surface area contributed by atoms with Crippen molar-refractivity contribution in [1.82, 2.24) is 0 Å². The molecule has 0 N–H and O–H groups in total. The first-order chi connectivity index (χ1) is 14.6. The summed E-state index contributed by atoms with van der Waals surface area (Å²) >= 11 is 0. The molecule has 0 aromatic carbocycles.